The summed E-state index contributed by atoms with van der Waals surface area (Å²) in [5.41, 5.74) is 6.51. The van der Waals surface area contributed by atoms with Crippen LogP contribution in [0.3, 0.4) is 0 Å². The lowest BCUT2D eigenvalue weighted by atomic mass is 10.2. The van der Waals surface area contributed by atoms with E-state index >= 15 is 0 Å². The number of carbonyl (C=O) groups excluding carboxylic acids is 2. The second kappa shape index (κ2) is 11.7. The zero-order valence-corrected chi connectivity index (χ0v) is 19.4. The number of rotatable bonds is 8. The van der Waals surface area contributed by atoms with Gasteiger partial charge < -0.3 is 14.8 Å². The normalized spacial score (nSPS) is 10.3. The van der Waals surface area contributed by atoms with Gasteiger partial charge in [-0.25, -0.2) is 4.79 Å². The number of methoxy groups -OCH3 is 1. The third-order valence-corrected chi connectivity index (χ3v) is 5.66. The highest BCUT2D eigenvalue weighted by atomic mass is 35.5. The largest absolute Gasteiger partial charge is 0.493 e. The van der Waals surface area contributed by atoms with Crippen molar-refractivity contribution >= 4 is 57.1 Å². The maximum atomic E-state index is 12.0. The number of carbonyl (C=O) groups is 2. The predicted molar refractivity (Wildman–Crippen MR) is 123 cm³/mol. The Bertz CT molecular complexity index is 917. The molecule has 7 nitrogen and oxygen atoms in total. The first-order chi connectivity index (χ1) is 14.3. The molecule has 1 aromatic heterocycles. The lowest BCUT2D eigenvalue weighted by Crippen LogP contribution is -2.43. The van der Waals surface area contributed by atoms with Gasteiger partial charge in [-0.15, -0.1) is 11.3 Å². The van der Waals surface area contributed by atoms with Gasteiger partial charge in [0.05, 0.1) is 19.3 Å². The molecule has 3 N–H and O–H groups in total. The topological polar surface area (TPSA) is 88.7 Å². The van der Waals surface area contributed by atoms with Gasteiger partial charge in [0.1, 0.15) is 10.8 Å². The fourth-order valence-electron chi connectivity index (χ4n) is 2.48. The molecule has 2 rings (SSSR count). The number of aryl methyl sites for hydroxylation is 2. The van der Waals surface area contributed by atoms with E-state index in [-0.39, 0.29) is 17.4 Å². The molecule has 1 aromatic carbocycles. The fraction of sp³-hybridized carbons (Fsp3) is 0.350. The van der Waals surface area contributed by atoms with Crippen LogP contribution in [0.15, 0.2) is 24.3 Å². The number of anilines is 1. The molecular formula is C20H24ClN3O4S2. The van der Waals surface area contributed by atoms with Crippen LogP contribution in [-0.2, 0) is 16.0 Å². The number of hydrogen-bond donors (Lipinski definition) is 3. The second-order valence-electron chi connectivity index (χ2n) is 6.29. The van der Waals surface area contributed by atoms with Gasteiger partial charge in [0, 0.05) is 16.3 Å². The van der Waals surface area contributed by atoms with Crippen molar-refractivity contribution < 1.29 is 19.1 Å². The molecule has 162 valence electrons. The van der Waals surface area contributed by atoms with E-state index in [0.717, 1.165) is 22.6 Å². The molecule has 0 bridgehead atoms. The number of amides is 1. The van der Waals surface area contributed by atoms with E-state index in [1.165, 1.54) is 18.4 Å². The number of ether oxygens (including phenoxy) is 2. The highest BCUT2D eigenvalue weighted by molar-refractivity contribution is 7.80. The number of hydrazine groups is 1. The Hall–Kier alpha value is -2.36. The standard InChI is InChI=1S/C20H24ClN3O4S2/c1-4-14-11-15(19(26)27-3)18(30-14)22-20(29)24-23-17(25)6-5-9-28-16-8-7-13(21)10-12(16)2/h7-8,10-11H,4-6,9H2,1-3H3,(H,23,25)(H2,22,24,29). The van der Waals surface area contributed by atoms with Crippen LogP contribution in [0.4, 0.5) is 5.00 Å². The van der Waals surface area contributed by atoms with Gasteiger partial charge in [0.15, 0.2) is 5.11 Å². The molecule has 0 aliphatic carbocycles. The van der Waals surface area contributed by atoms with Gasteiger partial charge in [0.2, 0.25) is 5.91 Å². The van der Waals surface area contributed by atoms with Crippen LogP contribution in [0.5, 0.6) is 5.75 Å². The first kappa shape index (κ1) is 23.9. The van der Waals surface area contributed by atoms with Crippen molar-refractivity contribution in [2.24, 2.45) is 0 Å². The molecule has 0 aliphatic heterocycles. The number of benzene rings is 1. The van der Waals surface area contributed by atoms with Crippen molar-refractivity contribution in [3.8, 4) is 5.75 Å². The number of nitrogens with one attached hydrogen (secondary N) is 3. The monoisotopic (exact) mass is 469 g/mol. The zero-order chi connectivity index (χ0) is 22.1. The Morgan fingerprint density at radius 2 is 2.00 bits per heavy atom. The average Bonchev–Trinajstić information content (AvgIpc) is 3.13. The molecule has 0 atom stereocenters. The summed E-state index contributed by atoms with van der Waals surface area (Å²) in [5.74, 6) is 0.0625. The number of esters is 1. The molecular weight excluding hydrogens is 446 g/mol. The maximum Gasteiger partial charge on any atom is 0.340 e. The zero-order valence-electron chi connectivity index (χ0n) is 17.0. The minimum absolute atomic E-state index is 0.172. The number of halogens is 1. The van der Waals surface area contributed by atoms with E-state index < -0.39 is 5.97 Å². The summed E-state index contributed by atoms with van der Waals surface area (Å²) in [4.78, 5) is 24.9. The van der Waals surface area contributed by atoms with Crippen molar-refractivity contribution in [3.63, 3.8) is 0 Å². The lowest BCUT2D eigenvalue weighted by molar-refractivity contribution is -0.121. The number of thiocarbonyl (C=S) groups is 1. The minimum atomic E-state index is -0.448. The highest BCUT2D eigenvalue weighted by Gasteiger charge is 2.17. The van der Waals surface area contributed by atoms with Gasteiger partial charge in [-0.2, -0.15) is 0 Å². The summed E-state index contributed by atoms with van der Waals surface area (Å²) < 4.78 is 10.5. The van der Waals surface area contributed by atoms with Gasteiger partial charge in [-0.05, 0) is 61.8 Å². The quantitative estimate of drug-likeness (QED) is 0.230. The molecule has 0 spiro atoms. The molecule has 0 saturated carbocycles. The second-order valence-corrected chi connectivity index (χ2v) is 8.27. The summed E-state index contributed by atoms with van der Waals surface area (Å²) >= 11 is 12.5. The van der Waals surface area contributed by atoms with Crippen molar-refractivity contribution in [2.75, 3.05) is 19.0 Å². The van der Waals surface area contributed by atoms with Gasteiger partial charge in [-0.1, -0.05) is 18.5 Å². The minimum Gasteiger partial charge on any atom is -0.493 e. The van der Waals surface area contributed by atoms with Crippen LogP contribution in [0.2, 0.25) is 5.02 Å². The van der Waals surface area contributed by atoms with E-state index in [2.05, 4.69) is 16.2 Å². The third-order valence-electron chi connectivity index (χ3n) is 4.02. The molecule has 0 radical (unpaired) electrons. The highest BCUT2D eigenvalue weighted by Crippen LogP contribution is 2.29. The first-order valence-electron chi connectivity index (χ1n) is 9.29. The Balaban J connectivity index is 1.73. The smallest absolute Gasteiger partial charge is 0.340 e. The van der Waals surface area contributed by atoms with Crippen molar-refractivity contribution in [1.29, 1.82) is 0 Å². The van der Waals surface area contributed by atoms with Crippen LogP contribution in [0, 0.1) is 6.92 Å². The van der Waals surface area contributed by atoms with Gasteiger partial charge in [-0.3, -0.25) is 15.6 Å². The predicted octanol–water partition coefficient (Wildman–Crippen LogP) is 4.24. The van der Waals surface area contributed by atoms with Gasteiger partial charge >= 0.3 is 5.97 Å². The Labute approximate surface area is 190 Å². The maximum absolute atomic E-state index is 12.0. The molecule has 10 heteroatoms. The van der Waals surface area contributed by atoms with Crippen molar-refractivity contribution in [1.82, 2.24) is 10.9 Å². The molecule has 0 saturated heterocycles. The summed E-state index contributed by atoms with van der Waals surface area (Å²) in [6.45, 7) is 4.30. The van der Waals surface area contributed by atoms with E-state index in [4.69, 9.17) is 33.3 Å². The molecule has 30 heavy (non-hydrogen) atoms. The summed E-state index contributed by atoms with van der Waals surface area (Å²) in [7, 11) is 1.32. The molecule has 1 heterocycles. The number of thiophene rings is 1. The molecule has 0 unspecified atom stereocenters. The van der Waals surface area contributed by atoms with Crippen LogP contribution in [-0.4, -0.2) is 30.7 Å². The SMILES string of the molecule is CCc1cc(C(=O)OC)c(NC(=S)NNC(=O)CCCOc2ccc(Cl)cc2C)s1. The Morgan fingerprint density at radius 3 is 2.67 bits per heavy atom. The van der Waals surface area contributed by atoms with E-state index in [0.29, 0.717) is 28.6 Å². The van der Waals surface area contributed by atoms with Gasteiger partial charge in [0.25, 0.3) is 0 Å². The van der Waals surface area contributed by atoms with Crippen LogP contribution >= 0.6 is 35.2 Å². The first-order valence-corrected chi connectivity index (χ1v) is 10.9. The summed E-state index contributed by atoms with van der Waals surface area (Å²) in [5, 5.41) is 4.32. The molecule has 0 fully saturated rings. The molecule has 1 amide bonds. The Morgan fingerprint density at radius 1 is 1.23 bits per heavy atom. The van der Waals surface area contributed by atoms with E-state index in [9.17, 15) is 9.59 Å². The fourth-order valence-corrected chi connectivity index (χ4v) is 3.92. The van der Waals surface area contributed by atoms with E-state index in [1.54, 1.807) is 18.2 Å². The van der Waals surface area contributed by atoms with Crippen LogP contribution < -0.4 is 20.9 Å². The number of hydrogen-bond acceptors (Lipinski definition) is 6. The van der Waals surface area contributed by atoms with Crippen molar-refractivity contribution in [2.45, 2.75) is 33.1 Å². The summed E-state index contributed by atoms with van der Waals surface area (Å²) in [6.07, 6.45) is 1.58. The Kier molecular flexibility index (Phi) is 9.35. The molecule has 0 aliphatic rings. The van der Waals surface area contributed by atoms with Crippen LogP contribution in [0.25, 0.3) is 0 Å². The average molecular weight is 470 g/mol. The third kappa shape index (κ3) is 7.16. The van der Waals surface area contributed by atoms with Crippen molar-refractivity contribution in [3.05, 3.63) is 45.3 Å². The molecule has 2 aromatic rings. The van der Waals surface area contributed by atoms with E-state index in [1.807, 2.05) is 19.9 Å². The van der Waals surface area contributed by atoms with Crippen LogP contribution in [0.1, 0.15) is 40.6 Å². The summed E-state index contributed by atoms with van der Waals surface area (Å²) in [6, 6.07) is 7.16. The lowest BCUT2D eigenvalue weighted by Gasteiger charge is -2.12.